The molecule has 2 aliphatic rings. The van der Waals surface area contributed by atoms with Crippen molar-refractivity contribution in [2.45, 2.75) is 57.2 Å². The summed E-state index contributed by atoms with van der Waals surface area (Å²) in [5.41, 5.74) is 0. The van der Waals surface area contributed by atoms with Gasteiger partial charge < -0.3 is 15.7 Å². The van der Waals surface area contributed by atoms with Crippen molar-refractivity contribution in [2.24, 2.45) is 5.92 Å². The van der Waals surface area contributed by atoms with Crippen LogP contribution in [0.1, 0.15) is 39.0 Å². The molecule has 1 heterocycles. The van der Waals surface area contributed by atoms with Gasteiger partial charge in [0.05, 0.1) is 6.04 Å². The van der Waals surface area contributed by atoms with Crippen LogP contribution in [0, 0.1) is 5.92 Å². The Morgan fingerprint density at radius 1 is 1.35 bits per heavy atom. The van der Waals surface area contributed by atoms with Crippen LogP contribution in [-0.4, -0.2) is 35.1 Å². The average Bonchev–Trinajstić information content (AvgIpc) is 2.72. The van der Waals surface area contributed by atoms with Gasteiger partial charge in [-0.05, 0) is 32.1 Å². The van der Waals surface area contributed by atoms with E-state index >= 15 is 0 Å². The zero-order valence-corrected chi connectivity index (χ0v) is 10.1. The molecule has 5 heteroatoms. The highest BCUT2D eigenvalue weighted by Gasteiger charge is 2.38. The summed E-state index contributed by atoms with van der Waals surface area (Å²) < 4.78 is 0. The molecule has 1 aliphatic carbocycles. The van der Waals surface area contributed by atoms with Crippen LogP contribution >= 0.6 is 0 Å². The van der Waals surface area contributed by atoms with Crippen LogP contribution < -0.4 is 10.6 Å². The number of aliphatic carboxylic acids is 1. The quantitative estimate of drug-likeness (QED) is 0.671. The van der Waals surface area contributed by atoms with Gasteiger partial charge in [-0.3, -0.25) is 9.59 Å². The van der Waals surface area contributed by atoms with E-state index in [-0.39, 0.29) is 11.9 Å². The summed E-state index contributed by atoms with van der Waals surface area (Å²) in [5, 5.41) is 14.6. The number of carbonyl (C=O) groups excluding carboxylic acids is 1. The number of hydrogen-bond donors (Lipinski definition) is 3. The second-order valence-electron chi connectivity index (χ2n) is 5.17. The smallest absolute Gasteiger partial charge is 0.325 e. The summed E-state index contributed by atoms with van der Waals surface area (Å²) in [7, 11) is 0. The van der Waals surface area contributed by atoms with E-state index < -0.39 is 12.0 Å². The van der Waals surface area contributed by atoms with E-state index in [1.165, 1.54) is 26.2 Å². The van der Waals surface area contributed by atoms with Gasteiger partial charge >= 0.3 is 5.97 Å². The topological polar surface area (TPSA) is 78.4 Å². The van der Waals surface area contributed by atoms with Crippen LogP contribution in [-0.2, 0) is 9.59 Å². The fourth-order valence-electron chi connectivity index (χ4n) is 2.90. The third-order valence-corrected chi connectivity index (χ3v) is 3.91. The summed E-state index contributed by atoms with van der Waals surface area (Å²) in [6.45, 7) is 1.49. The second kappa shape index (κ2) is 5.04. The molecule has 5 nitrogen and oxygen atoms in total. The Kier molecular flexibility index (Phi) is 3.66. The molecule has 4 atom stereocenters. The second-order valence-corrected chi connectivity index (χ2v) is 5.17. The maximum Gasteiger partial charge on any atom is 0.325 e. The molecule has 96 valence electrons. The number of rotatable bonds is 3. The number of nitrogens with one attached hydrogen (secondary N) is 2. The lowest BCUT2D eigenvalue weighted by Crippen LogP contribution is -2.48. The van der Waals surface area contributed by atoms with Gasteiger partial charge in [0, 0.05) is 6.04 Å². The number of amides is 1. The molecule has 1 amide bonds. The average molecular weight is 240 g/mol. The summed E-state index contributed by atoms with van der Waals surface area (Å²) >= 11 is 0. The molecule has 2 rings (SSSR count). The van der Waals surface area contributed by atoms with Crippen molar-refractivity contribution in [1.29, 1.82) is 0 Å². The maximum atomic E-state index is 11.9. The monoisotopic (exact) mass is 240 g/mol. The van der Waals surface area contributed by atoms with Crippen LogP contribution in [0.4, 0.5) is 0 Å². The molecule has 0 spiro atoms. The molecule has 0 radical (unpaired) electrons. The van der Waals surface area contributed by atoms with Crippen molar-refractivity contribution in [3.8, 4) is 0 Å². The van der Waals surface area contributed by atoms with Crippen molar-refractivity contribution in [2.75, 3.05) is 0 Å². The Labute approximate surface area is 101 Å². The van der Waals surface area contributed by atoms with E-state index in [0.717, 1.165) is 12.8 Å². The predicted octanol–water partition coefficient (Wildman–Crippen LogP) is 0.496. The summed E-state index contributed by atoms with van der Waals surface area (Å²) in [5.74, 6) is -0.567. The lowest BCUT2D eigenvalue weighted by Gasteiger charge is -2.24. The number of fused-ring (bicyclic) bond motifs is 1. The van der Waals surface area contributed by atoms with Crippen LogP contribution in [0.3, 0.4) is 0 Å². The zero-order chi connectivity index (χ0) is 12.4. The fourth-order valence-corrected chi connectivity index (χ4v) is 2.90. The molecule has 1 aliphatic heterocycles. The molecule has 0 aromatic carbocycles. The fraction of sp³-hybridized carbons (Fsp3) is 0.833. The lowest BCUT2D eigenvalue weighted by atomic mass is 9.85. The van der Waals surface area contributed by atoms with Crippen LogP contribution in [0.5, 0.6) is 0 Å². The highest BCUT2D eigenvalue weighted by molar-refractivity contribution is 5.87. The zero-order valence-electron chi connectivity index (χ0n) is 10.1. The van der Waals surface area contributed by atoms with Gasteiger partial charge in [-0.2, -0.15) is 0 Å². The first-order valence-corrected chi connectivity index (χ1v) is 6.37. The highest BCUT2D eigenvalue weighted by Crippen LogP contribution is 2.33. The first kappa shape index (κ1) is 12.4. The largest absolute Gasteiger partial charge is 0.480 e. The van der Waals surface area contributed by atoms with Crippen LogP contribution in [0.15, 0.2) is 0 Å². The van der Waals surface area contributed by atoms with E-state index in [1.54, 1.807) is 0 Å². The third-order valence-electron chi connectivity index (χ3n) is 3.91. The number of hydrogen-bond acceptors (Lipinski definition) is 3. The van der Waals surface area contributed by atoms with Crippen LogP contribution in [0.25, 0.3) is 0 Å². The number of carbonyl (C=O) groups is 2. The van der Waals surface area contributed by atoms with Crippen molar-refractivity contribution in [3.05, 3.63) is 0 Å². The lowest BCUT2D eigenvalue weighted by molar-refractivity contribution is -0.141. The number of carboxylic acid groups (broad SMARTS) is 1. The summed E-state index contributed by atoms with van der Waals surface area (Å²) in [6, 6.07) is -0.559. The Balaban J connectivity index is 1.87. The molecule has 1 saturated heterocycles. The van der Waals surface area contributed by atoms with Crippen LogP contribution in [0.2, 0.25) is 0 Å². The first-order chi connectivity index (χ1) is 8.08. The predicted molar refractivity (Wildman–Crippen MR) is 62.5 cm³/mol. The van der Waals surface area contributed by atoms with Crippen molar-refractivity contribution in [1.82, 2.24) is 10.6 Å². The molecule has 3 unspecified atom stereocenters. The summed E-state index contributed by atoms with van der Waals surface area (Å²) in [6.07, 6.45) is 5.67. The van der Waals surface area contributed by atoms with E-state index in [0.29, 0.717) is 12.0 Å². The minimum Gasteiger partial charge on any atom is -0.480 e. The Morgan fingerprint density at radius 3 is 2.71 bits per heavy atom. The Hall–Kier alpha value is -1.10. The Bertz CT molecular complexity index is 305. The van der Waals surface area contributed by atoms with Gasteiger partial charge in [-0.1, -0.05) is 12.8 Å². The number of carboxylic acids is 1. The first-order valence-electron chi connectivity index (χ1n) is 6.37. The molecule has 2 fully saturated rings. The van der Waals surface area contributed by atoms with Crippen molar-refractivity contribution in [3.63, 3.8) is 0 Å². The van der Waals surface area contributed by atoms with E-state index in [9.17, 15) is 9.59 Å². The molecular formula is C12H20N2O3. The molecule has 0 aromatic rings. The maximum absolute atomic E-state index is 11.9. The molecule has 0 aromatic heterocycles. The van der Waals surface area contributed by atoms with Gasteiger partial charge in [0.2, 0.25) is 5.91 Å². The minimum absolute atomic E-state index is 0.172. The van der Waals surface area contributed by atoms with Gasteiger partial charge in [-0.15, -0.1) is 0 Å². The van der Waals surface area contributed by atoms with Gasteiger partial charge in [0.25, 0.3) is 0 Å². The van der Waals surface area contributed by atoms with E-state index in [2.05, 4.69) is 10.6 Å². The normalized spacial score (nSPS) is 33.8. The molecular weight excluding hydrogens is 220 g/mol. The van der Waals surface area contributed by atoms with Crippen molar-refractivity contribution >= 4 is 11.9 Å². The molecule has 3 N–H and O–H groups in total. The standard InChI is InChI=1S/C12H20N2O3/c1-7(12(16)17)13-11(15)10-6-8-4-2-3-5-9(8)14-10/h7-10,14H,2-6H2,1H3,(H,13,15)(H,16,17)/t7-,8?,9?,10?/m0/s1. The highest BCUT2D eigenvalue weighted by atomic mass is 16.4. The minimum atomic E-state index is -0.992. The van der Waals surface area contributed by atoms with Gasteiger partial charge in [0.15, 0.2) is 0 Å². The third kappa shape index (κ3) is 2.77. The van der Waals surface area contributed by atoms with E-state index in [4.69, 9.17) is 5.11 Å². The summed E-state index contributed by atoms with van der Waals surface area (Å²) in [4.78, 5) is 22.5. The van der Waals surface area contributed by atoms with Gasteiger partial charge in [-0.25, -0.2) is 0 Å². The van der Waals surface area contributed by atoms with Gasteiger partial charge in [0.1, 0.15) is 6.04 Å². The Morgan fingerprint density at radius 2 is 2.06 bits per heavy atom. The van der Waals surface area contributed by atoms with Crippen molar-refractivity contribution < 1.29 is 14.7 Å². The van der Waals surface area contributed by atoms with E-state index in [1.807, 2.05) is 0 Å². The molecule has 1 saturated carbocycles. The molecule has 0 bridgehead atoms. The SMILES string of the molecule is C[C@H](NC(=O)C1CC2CCCCC2N1)C(=O)O. The molecule has 17 heavy (non-hydrogen) atoms.